The highest BCUT2D eigenvalue weighted by molar-refractivity contribution is 9.10. The molecular weight excluding hydrogens is 355 g/mol. The number of halogens is 2. The summed E-state index contributed by atoms with van der Waals surface area (Å²) in [5, 5.41) is 13.3. The van der Waals surface area contributed by atoms with E-state index in [9.17, 15) is 14.3 Å². The molecule has 114 valence electrons. The van der Waals surface area contributed by atoms with Gasteiger partial charge >= 0.3 is 0 Å². The molecule has 22 heavy (non-hydrogen) atoms. The predicted molar refractivity (Wildman–Crippen MR) is 83.4 cm³/mol. The first-order chi connectivity index (χ1) is 10.5. The molecule has 0 saturated heterocycles. The van der Waals surface area contributed by atoms with E-state index in [0.717, 1.165) is 4.47 Å². The topological polar surface area (TPSA) is 70.9 Å². The molecule has 0 heterocycles. The first-order valence-electron chi connectivity index (χ1n) is 6.23. The van der Waals surface area contributed by atoms with Crippen LogP contribution in [0.2, 0.25) is 0 Å². The molecule has 0 atom stereocenters. The lowest BCUT2D eigenvalue weighted by atomic mass is 10.2. The summed E-state index contributed by atoms with van der Waals surface area (Å²) in [6.07, 6.45) is 1.32. The molecule has 0 fully saturated rings. The standard InChI is InChI=1S/C15H12BrFN2O3/c16-11-1-6-14(20)10(7-11)8-18-19-15(21)9-22-13-4-2-12(17)3-5-13/h1-8,20H,9H2,(H,19,21). The second kappa shape index (κ2) is 7.56. The minimum atomic E-state index is -0.477. The Kier molecular flexibility index (Phi) is 5.48. The Labute approximate surface area is 134 Å². The van der Waals surface area contributed by atoms with Crippen LogP contribution in [0.5, 0.6) is 11.5 Å². The predicted octanol–water partition coefficient (Wildman–Crippen LogP) is 2.82. The van der Waals surface area contributed by atoms with Crippen LogP contribution >= 0.6 is 15.9 Å². The summed E-state index contributed by atoms with van der Waals surface area (Å²) in [6.45, 7) is -0.257. The number of ether oxygens (including phenoxy) is 1. The van der Waals surface area contributed by atoms with Gasteiger partial charge in [-0.15, -0.1) is 0 Å². The molecule has 2 N–H and O–H groups in total. The van der Waals surface area contributed by atoms with Gasteiger partial charge in [-0.25, -0.2) is 9.82 Å². The lowest BCUT2D eigenvalue weighted by Gasteiger charge is -2.04. The second-order valence-corrected chi connectivity index (χ2v) is 5.15. The van der Waals surface area contributed by atoms with Crippen molar-refractivity contribution in [1.82, 2.24) is 5.43 Å². The van der Waals surface area contributed by atoms with E-state index in [4.69, 9.17) is 4.74 Å². The lowest BCUT2D eigenvalue weighted by molar-refractivity contribution is -0.123. The second-order valence-electron chi connectivity index (χ2n) is 4.24. The Morgan fingerprint density at radius 2 is 2.05 bits per heavy atom. The number of carbonyl (C=O) groups excluding carboxylic acids is 1. The molecule has 0 spiro atoms. The van der Waals surface area contributed by atoms with Gasteiger partial charge in [-0.3, -0.25) is 4.79 Å². The fourth-order valence-corrected chi connectivity index (χ4v) is 1.89. The fourth-order valence-electron chi connectivity index (χ4n) is 1.51. The normalized spacial score (nSPS) is 10.6. The number of benzene rings is 2. The van der Waals surface area contributed by atoms with E-state index in [2.05, 4.69) is 26.5 Å². The highest BCUT2D eigenvalue weighted by Gasteiger charge is 2.02. The van der Waals surface area contributed by atoms with Gasteiger partial charge in [0, 0.05) is 10.0 Å². The van der Waals surface area contributed by atoms with Crippen LogP contribution in [0.1, 0.15) is 5.56 Å². The van der Waals surface area contributed by atoms with Gasteiger partial charge < -0.3 is 9.84 Å². The Morgan fingerprint density at radius 3 is 2.77 bits per heavy atom. The summed E-state index contributed by atoms with van der Waals surface area (Å²) in [5.41, 5.74) is 2.72. The molecule has 0 unspecified atom stereocenters. The fraction of sp³-hybridized carbons (Fsp3) is 0.0667. The molecule has 0 aliphatic carbocycles. The summed E-state index contributed by atoms with van der Waals surface area (Å²) in [6, 6.07) is 10.2. The van der Waals surface area contributed by atoms with Crippen LogP contribution in [0.25, 0.3) is 0 Å². The van der Waals surface area contributed by atoms with Gasteiger partial charge in [0.2, 0.25) is 0 Å². The van der Waals surface area contributed by atoms with Crippen molar-refractivity contribution in [3.8, 4) is 11.5 Å². The summed E-state index contributed by atoms with van der Waals surface area (Å²) < 4.78 is 18.6. The van der Waals surface area contributed by atoms with Crippen LogP contribution in [0.3, 0.4) is 0 Å². The third kappa shape index (κ3) is 4.85. The summed E-state index contributed by atoms with van der Waals surface area (Å²) >= 11 is 3.27. The van der Waals surface area contributed by atoms with Crippen molar-refractivity contribution in [2.45, 2.75) is 0 Å². The summed E-state index contributed by atoms with van der Waals surface area (Å²) in [7, 11) is 0. The van der Waals surface area contributed by atoms with Crippen LogP contribution in [0, 0.1) is 5.82 Å². The molecule has 0 aliphatic heterocycles. The number of phenols is 1. The number of nitrogens with zero attached hydrogens (tertiary/aromatic N) is 1. The SMILES string of the molecule is O=C(COc1ccc(F)cc1)NN=Cc1cc(Br)ccc1O. The summed E-state index contributed by atoms with van der Waals surface area (Å²) in [5.74, 6) is -0.431. The quantitative estimate of drug-likeness (QED) is 0.631. The first kappa shape index (κ1) is 16.0. The number of carbonyl (C=O) groups is 1. The molecule has 2 rings (SSSR count). The molecule has 0 bridgehead atoms. The number of aromatic hydroxyl groups is 1. The minimum absolute atomic E-state index is 0.0451. The maximum Gasteiger partial charge on any atom is 0.277 e. The molecule has 1 amide bonds. The molecule has 0 aromatic heterocycles. The van der Waals surface area contributed by atoms with Gasteiger partial charge in [-0.2, -0.15) is 5.10 Å². The van der Waals surface area contributed by atoms with Crippen molar-refractivity contribution >= 4 is 28.1 Å². The number of rotatable bonds is 5. The molecule has 0 radical (unpaired) electrons. The number of hydrogen-bond acceptors (Lipinski definition) is 4. The van der Waals surface area contributed by atoms with E-state index >= 15 is 0 Å². The average Bonchev–Trinajstić information content (AvgIpc) is 2.50. The zero-order valence-corrected chi connectivity index (χ0v) is 12.9. The Hall–Kier alpha value is -2.41. The molecule has 0 aliphatic rings. The number of nitrogens with one attached hydrogen (secondary N) is 1. The van der Waals surface area contributed by atoms with Crippen molar-refractivity contribution in [3.05, 3.63) is 58.3 Å². The largest absolute Gasteiger partial charge is 0.507 e. The van der Waals surface area contributed by atoms with Gasteiger partial charge in [-0.05, 0) is 42.5 Å². The maximum absolute atomic E-state index is 12.7. The van der Waals surface area contributed by atoms with E-state index in [1.165, 1.54) is 36.5 Å². The maximum atomic E-state index is 12.7. The van der Waals surface area contributed by atoms with Crippen LogP contribution in [0.4, 0.5) is 4.39 Å². The first-order valence-corrected chi connectivity index (χ1v) is 7.02. The van der Waals surface area contributed by atoms with Crippen LogP contribution in [0.15, 0.2) is 52.0 Å². The third-order valence-electron chi connectivity index (χ3n) is 2.57. The summed E-state index contributed by atoms with van der Waals surface area (Å²) in [4.78, 5) is 11.5. The van der Waals surface area contributed by atoms with Crippen molar-refractivity contribution in [2.24, 2.45) is 5.10 Å². The van der Waals surface area contributed by atoms with Crippen molar-refractivity contribution in [2.75, 3.05) is 6.61 Å². The van der Waals surface area contributed by atoms with Crippen LogP contribution in [-0.4, -0.2) is 23.8 Å². The zero-order chi connectivity index (χ0) is 15.9. The number of amides is 1. The number of phenolic OH excluding ortho intramolecular Hbond substituents is 1. The molecule has 2 aromatic rings. The Balaban J connectivity index is 1.83. The third-order valence-corrected chi connectivity index (χ3v) is 3.06. The molecule has 2 aromatic carbocycles. The van der Waals surface area contributed by atoms with E-state index in [-0.39, 0.29) is 18.2 Å². The van der Waals surface area contributed by atoms with Gasteiger partial charge in [0.05, 0.1) is 6.21 Å². The Morgan fingerprint density at radius 1 is 1.32 bits per heavy atom. The minimum Gasteiger partial charge on any atom is -0.507 e. The van der Waals surface area contributed by atoms with Gasteiger partial charge in [0.1, 0.15) is 17.3 Å². The molecule has 5 nitrogen and oxygen atoms in total. The highest BCUT2D eigenvalue weighted by atomic mass is 79.9. The van der Waals surface area contributed by atoms with Gasteiger partial charge in [-0.1, -0.05) is 15.9 Å². The smallest absolute Gasteiger partial charge is 0.277 e. The zero-order valence-electron chi connectivity index (χ0n) is 11.3. The van der Waals surface area contributed by atoms with E-state index < -0.39 is 5.91 Å². The number of hydrogen-bond donors (Lipinski definition) is 2. The van der Waals surface area contributed by atoms with E-state index in [0.29, 0.717) is 11.3 Å². The highest BCUT2D eigenvalue weighted by Crippen LogP contribution is 2.19. The van der Waals surface area contributed by atoms with Crippen molar-refractivity contribution in [1.29, 1.82) is 0 Å². The van der Waals surface area contributed by atoms with Crippen LogP contribution < -0.4 is 10.2 Å². The van der Waals surface area contributed by atoms with Crippen molar-refractivity contribution in [3.63, 3.8) is 0 Å². The molecule has 7 heteroatoms. The monoisotopic (exact) mass is 366 g/mol. The lowest BCUT2D eigenvalue weighted by Crippen LogP contribution is -2.24. The Bertz CT molecular complexity index is 690. The molecular formula is C15H12BrFN2O3. The van der Waals surface area contributed by atoms with E-state index in [1.807, 2.05) is 0 Å². The van der Waals surface area contributed by atoms with Gasteiger partial charge in [0.15, 0.2) is 6.61 Å². The van der Waals surface area contributed by atoms with Crippen molar-refractivity contribution < 1.29 is 19.0 Å². The average molecular weight is 367 g/mol. The van der Waals surface area contributed by atoms with E-state index in [1.54, 1.807) is 12.1 Å². The van der Waals surface area contributed by atoms with Gasteiger partial charge in [0.25, 0.3) is 5.91 Å². The van der Waals surface area contributed by atoms with Crippen LogP contribution in [-0.2, 0) is 4.79 Å². The number of hydrazone groups is 1. The molecule has 0 saturated carbocycles.